The summed E-state index contributed by atoms with van der Waals surface area (Å²) in [5.74, 6) is -1.13. The Morgan fingerprint density at radius 1 is 1.16 bits per heavy atom. The summed E-state index contributed by atoms with van der Waals surface area (Å²) in [4.78, 5) is 28.6. The topological polar surface area (TPSA) is 103 Å². The van der Waals surface area contributed by atoms with Crippen molar-refractivity contribution >= 4 is 11.6 Å². The summed E-state index contributed by atoms with van der Waals surface area (Å²) in [5.41, 5.74) is 8.70. The lowest BCUT2D eigenvalue weighted by atomic mass is 9.79. The standard InChI is InChI=1S/C19H17N3O3/c20-22-21-19(18(25)16(23)14-8-2-1-3-9-14)12-6-10-13-7-4-5-11-15(13)17(19)24/h1-5,7-9,11,18,25H,6,10,12H2. The van der Waals surface area contributed by atoms with E-state index < -0.39 is 23.2 Å². The fourth-order valence-corrected chi connectivity index (χ4v) is 3.32. The lowest BCUT2D eigenvalue weighted by Crippen LogP contribution is -2.51. The minimum Gasteiger partial charge on any atom is -0.384 e. The van der Waals surface area contributed by atoms with Crippen molar-refractivity contribution in [2.45, 2.75) is 30.9 Å². The number of fused-ring (bicyclic) bond motifs is 1. The molecule has 3 rings (SSSR count). The van der Waals surface area contributed by atoms with E-state index in [2.05, 4.69) is 10.0 Å². The zero-order chi connectivity index (χ0) is 17.9. The van der Waals surface area contributed by atoms with Gasteiger partial charge in [0.15, 0.2) is 11.6 Å². The molecule has 1 N–H and O–H groups in total. The molecule has 0 radical (unpaired) electrons. The van der Waals surface area contributed by atoms with Gasteiger partial charge < -0.3 is 5.11 Å². The molecule has 1 aliphatic carbocycles. The molecule has 0 saturated heterocycles. The van der Waals surface area contributed by atoms with Crippen LogP contribution in [0.25, 0.3) is 10.4 Å². The molecule has 0 heterocycles. The molecule has 6 heteroatoms. The highest BCUT2D eigenvalue weighted by Crippen LogP contribution is 2.35. The van der Waals surface area contributed by atoms with E-state index in [0.29, 0.717) is 18.4 Å². The number of carbonyl (C=O) groups is 2. The lowest BCUT2D eigenvalue weighted by molar-refractivity contribution is 0.0448. The summed E-state index contributed by atoms with van der Waals surface area (Å²) < 4.78 is 0. The Balaban J connectivity index is 2.09. The highest BCUT2D eigenvalue weighted by Gasteiger charge is 2.49. The van der Waals surface area contributed by atoms with Crippen molar-refractivity contribution in [1.82, 2.24) is 0 Å². The van der Waals surface area contributed by atoms with Crippen LogP contribution < -0.4 is 0 Å². The van der Waals surface area contributed by atoms with Gasteiger partial charge >= 0.3 is 0 Å². The van der Waals surface area contributed by atoms with Crippen LogP contribution in [0.1, 0.15) is 39.1 Å². The zero-order valence-electron chi connectivity index (χ0n) is 13.5. The summed E-state index contributed by atoms with van der Waals surface area (Å²) in [6.45, 7) is 0. The van der Waals surface area contributed by atoms with Crippen LogP contribution >= 0.6 is 0 Å². The molecule has 2 unspecified atom stereocenters. The van der Waals surface area contributed by atoms with Gasteiger partial charge in [0.05, 0.1) is 0 Å². The number of rotatable bonds is 4. The molecular weight excluding hydrogens is 318 g/mol. The predicted octanol–water partition coefficient (Wildman–Crippen LogP) is 3.50. The second-order valence-electron chi connectivity index (χ2n) is 6.09. The molecule has 0 aliphatic heterocycles. The zero-order valence-corrected chi connectivity index (χ0v) is 13.5. The van der Waals surface area contributed by atoms with Crippen LogP contribution in [0.5, 0.6) is 0 Å². The van der Waals surface area contributed by atoms with Crippen molar-refractivity contribution in [3.63, 3.8) is 0 Å². The number of carbonyl (C=O) groups excluding carboxylic acids is 2. The maximum Gasteiger partial charge on any atom is 0.192 e. The van der Waals surface area contributed by atoms with Gasteiger partial charge in [0.25, 0.3) is 0 Å². The number of Topliss-reactive ketones (excluding diaryl/α,β-unsaturated/α-hetero) is 2. The Kier molecular flexibility index (Phi) is 4.65. The Hall–Kier alpha value is -2.95. The molecule has 6 nitrogen and oxygen atoms in total. The van der Waals surface area contributed by atoms with E-state index in [9.17, 15) is 14.7 Å². The Bertz CT molecular complexity index is 859. The van der Waals surface area contributed by atoms with E-state index in [4.69, 9.17) is 5.53 Å². The van der Waals surface area contributed by atoms with Crippen LogP contribution in [0.2, 0.25) is 0 Å². The molecule has 2 aromatic carbocycles. The van der Waals surface area contributed by atoms with Crippen molar-refractivity contribution in [2.75, 3.05) is 0 Å². The minimum absolute atomic E-state index is 0.115. The number of hydrogen-bond acceptors (Lipinski definition) is 4. The second-order valence-corrected chi connectivity index (χ2v) is 6.09. The van der Waals surface area contributed by atoms with Crippen LogP contribution in [0.3, 0.4) is 0 Å². The molecule has 126 valence electrons. The van der Waals surface area contributed by atoms with E-state index in [-0.39, 0.29) is 12.0 Å². The van der Waals surface area contributed by atoms with Crippen LogP contribution in [-0.2, 0) is 6.42 Å². The molecule has 1 aliphatic rings. The maximum absolute atomic E-state index is 13.1. The van der Waals surface area contributed by atoms with Crippen LogP contribution in [-0.4, -0.2) is 28.3 Å². The average Bonchev–Trinajstić information content (AvgIpc) is 2.80. The van der Waals surface area contributed by atoms with E-state index in [1.165, 1.54) is 0 Å². The fraction of sp³-hybridized carbons (Fsp3) is 0.263. The SMILES string of the molecule is [N-]=[N+]=NC1(C(O)C(=O)c2ccccc2)CCCc2ccccc2C1=O. The first kappa shape index (κ1) is 16.9. The van der Waals surface area contributed by atoms with E-state index in [1.54, 1.807) is 42.5 Å². The van der Waals surface area contributed by atoms with Crippen LogP contribution in [0.4, 0.5) is 0 Å². The van der Waals surface area contributed by atoms with Gasteiger partial charge in [-0.1, -0.05) is 59.7 Å². The van der Waals surface area contributed by atoms with Gasteiger partial charge in [0, 0.05) is 16.0 Å². The van der Waals surface area contributed by atoms with Crippen molar-refractivity contribution < 1.29 is 14.7 Å². The number of nitrogens with zero attached hydrogens (tertiary/aromatic N) is 3. The Morgan fingerprint density at radius 2 is 1.84 bits per heavy atom. The molecule has 2 atom stereocenters. The van der Waals surface area contributed by atoms with Crippen molar-refractivity contribution in [3.05, 3.63) is 81.7 Å². The number of benzene rings is 2. The lowest BCUT2D eigenvalue weighted by Gasteiger charge is -2.30. The molecule has 0 amide bonds. The number of ketones is 2. The largest absolute Gasteiger partial charge is 0.384 e. The maximum atomic E-state index is 13.1. The van der Waals surface area contributed by atoms with Gasteiger partial charge in [0.2, 0.25) is 0 Å². The molecular formula is C19H17N3O3. The predicted molar refractivity (Wildman–Crippen MR) is 92.4 cm³/mol. The van der Waals surface area contributed by atoms with Crippen molar-refractivity contribution in [3.8, 4) is 0 Å². The normalized spacial score (nSPS) is 20.8. The first-order valence-electron chi connectivity index (χ1n) is 8.06. The van der Waals surface area contributed by atoms with Gasteiger partial charge in [-0.3, -0.25) is 9.59 Å². The monoisotopic (exact) mass is 335 g/mol. The number of aryl methyl sites for hydroxylation is 1. The van der Waals surface area contributed by atoms with Crippen molar-refractivity contribution in [1.29, 1.82) is 0 Å². The van der Waals surface area contributed by atoms with E-state index >= 15 is 0 Å². The van der Waals surface area contributed by atoms with Crippen molar-refractivity contribution in [2.24, 2.45) is 5.11 Å². The van der Waals surface area contributed by atoms with E-state index in [1.807, 2.05) is 12.1 Å². The first-order chi connectivity index (χ1) is 12.1. The third-order valence-corrected chi connectivity index (χ3v) is 4.64. The van der Waals surface area contributed by atoms with Gasteiger partial charge in [-0.2, -0.15) is 0 Å². The number of azide groups is 1. The first-order valence-corrected chi connectivity index (χ1v) is 8.06. The summed E-state index contributed by atoms with van der Waals surface area (Å²) in [7, 11) is 0. The fourth-order valence-electron chi connectivity index (χ4n) is 3.32. The van der Waals surface area contributed by atoms with Gasteiger partial charge in [-0.25, -0.2) is 0 Å². The van der Waals surface area contributed by atoms with Gasteiger partial charge in [-0.05, 0) is 30.4 Å². The van der Waals surface area contributed by atoms with E-state index in [0.717, 1.165) is 5.56 Å². The summed E-state index contributed by atoms with van der Waals surface area (Å²) >= 11 is 0. The quantitative estimate of drug-likeness (QED) is 0.304. The second kappa shape index (κ2) is 6.89. The molecule has 0 aromatic heterocycles. The summed E-state index contributed by atoms with van der Waals surface area (Å²) in [5, 5.41) is 14.4. The molecule has 0 fully saturated rings. The number of aliphatic hydroxyl groups excluding tert-OH is 1. The highest BCUT2D eigenvalue weighted by atomic mass is 16.3. The highest BCUT2D eigenvalue weighted by molar-refractivity contribution is 6.11. The number of hydrogen-bond donors (Lipinski definition) is 1. The van der Waals surface area contributed by atoms with Crippen LogP contribution in [0, 0.1) is 0 Å². The smallest absolute Gasteiger partial charge is 0.192 e. The molecule has 0 spiro atoms. The molecule has 0 saturated carbocycles. The molecule has 25 heavy (non-hydrogen) atoms. The molecule has 0 bridgehead atoms. The van der Waals surface area contributed by atoms with Gasteiger partial charge in [0.1, 0.15) is 11.6 Å². The number of aliphatic hydroxyl groups is 1. The van der Waals surface area contributed by atoms with Crippen LogP contribution in [0.15, 0.2) is 59.7 Å². The average molecular weight is 335 g/mol. The summed E-state index contributed by atoms with van der Waals surface area (Å²) in [6, 6.07) is 15.2. The Labute approximate surface area is 144 Å². The molecule has 2 aromatic rings. The van der Waals surface area contributed by atoms with Gasteiger partial charge in [-0.15, -0.1) is 0 Å². The Morgan fingerprint density at radius 3 is 2.56 bits per heavy atom. The minimum atomic E-state index is -1.83. The third-order valence-electron chi connectivity index (χ3n) is 4.64. The third kappa shape index (κ3) is 2.93. The summed E-state index contributed by atoms with van der Waals surface area (Å²) in [6.07, 6.45) is -0.466.